The summed E-state index contributed by atoms with van der Waals surface area (Å²) in [6.45, 7) is 1.53. The number of nitrogens with zero attached hydrogens (tertiary/aromatic N) is 1. The molecule has 2 heterocycles. The fourth-order valence-corrected chi connectivity index (χ4v) is 4.76. The van der Waals surface area contributed by atoms with Gasteiger partial charge in [0.1, 0.15) is 23.5 Å². The molecule has 166 valence electrons. The number of carbonyl (C=O) groups excluding carboxylic acids is 1. The van der Waals surface area contributed by atoms with Gasteiger partial charge < -0.3 is 10.3 Å². The van der Waals surface area contributed by atoms with E-state index < -0.39 is 41.0 Å². The summed E-state index contributed by atoms with van der Waals surface area (Å²) in [4.78, 5) is 32.5. The number of aromatic amines is 1. The van der Waals surface area contributed by atoms with Crippen LogP contribution in [0.5, 0.6) is 0 Å². The third-order valence-corrected chi connectivity index (χ3v) is 6.50. The van der Waals surface area contributed by atoms with Crippen LogP contribution >= 0.6 is 0 Å². The molecule has 0 saturated heterocycles. The first kappa shape index (κ1) is 20.7. The van der Waals surface area contributed by atoms with Gasteiger partial charge in [-0.25, -0.2) is 13.2 Å². The van der Waals surface area contributed by atoms with Gasteiger partial charge in [-0.15, -0.1) is 0 Å². The average Bonchev–Trinajstić information content (AvgIpc) is 2.66. The molecule has 1 aromatic carbocycles. The molecule has 3 fully saturated rings. The van der Waals surface area contributed by atoms with Crippen LogP contribution in [0.2, 0.25) is 0 Å². The first-order valence-electron chi connectivity index (χ1n) is 10.4. The van der Waals surface area contributed by atoms with E-state index in [0.29, 0.717) is 22.9 Å². The van der Waals surface area contributed by atoms with Gasteiger partial charge in [-0.1, -0.05) is 0 Å². The second-order valence-corrected chi connectivity index (χ2v) is 8.87. The van der Waals surface area contributed by atoms with Crippen molar-refractivity contribution >= 4 is 16.8 Å². The Bertz CT molecular complexity index is 1270. The van der Waals surface area contributed by atoms with Crippen LogP contribution in [0, 0.1) is 23.4 Å². The number of hydrogen-bond acceptors (Lipinski definition) is 4. The molecule has 6 nitrogen and oxygen atoms in total. The van der Waals surface area contributed by atoms with Gasteiger partial charge in [-0.2, -0.15) is 0 Å². The third-order valence-electron chi connectivity index (χ3n) is 6.50. The van der Waals surface area contributed by atoms with Gasteiger partial charge in [0.25, 0.3) is 5.56 Å². The molecular formula is C23H21F3N4O2. The van der Waals surface area contributed by atoms with E-state index >= 15 is 0 Å². The minimum absolute atomic E-state index is 0.112. The average molecular weight is 442 g/mol. The smallest absolute Gasteiger partial charge is 0.253 e. The summed E-state index contributed by atoms with van der Waals surface area (Å²) in [5.41, 5.74) is -0.194. The van der Waals surface area contributed by atoms with Crippen LogP contribution in [0.3, 0.4) is 0 Å². The van der Waals surface area contributed by atoms with Crippen molar-refractivity contribution in [2.45, 2.75) is 43.8 Å². The van der Waals surface area contributed by atoms with E-state index in [1.165, 1.54) is 31.2 Å². The maximum Gasteiger partial charge on any atom is 0.253 e. The zero-order valence-electron chi connectivity index (χ0n) is 17.2. The molecule has 2 atom stereocenters. The van der Waals surface area contributed by atoms with E-state index in [1.807, 2.05) is 0 Å². The maximum absolute atomic E-state index is 14.1. The highest BCUT2D eigenvalue weighted by Gasteiger charge is 2.57. The zero-order chi connectivity index (χ0) is 22.6. The minimum Gasteiger partial charge on any atom is -0.346 e. The molecule has 2 bridgehead atoms. The topological polar surface area (TPSA) is 86.9 Å². The summed E-state index contributed by atoms with van der Waals surface area (Å²) >= 11 is 0. The Morgan fingerprint density at radius 2 is 1.91 bits per heavy atom. The number of pyridine rings is 2. The lowest BCUT2D eigenvalue weighted by molar-refractivity contribution is -0.128. The van der Waals surface area contributed by atoms with Gasteiger partial charge in [0.05, 0.1) is 17.9 Å². The number of carbonyl (C=O) groups is 1. The monoisotopic (exact) mass is 442 g/mol. The van der Waals surface area contributed by atoms with Gasteiger partial charge in [0.2, 0.25) is 5.91 Å². The molecule has 0 spiro atoms. The lowest BCUT2D eigenvalue weighted by atomic mass is 9.49. The first-order valence-corrected chi connectivity index (χ1v) is 10.4. The largest absolute Gasteiger partial charge is 0.346 e. The molecule has 0 radical (unpaired) electrons. The molecule has 2 aromatic heterocycles. The molecule has 1 amide bonds. The van der Waals surface area contributed by atoms with Crippen molar-refractivity contribution < 1.29 is 18.0 Å². The van der Waals surface area contributed by atoms with E-state index in [9.17, 15) is 22.8 Å². The number of benzene rings is 1. The van der Waals surface area contributed by atoms with Crippen molar-refractivity contribution in [3.8, 4) is 0 Å². The van der Waals surface area contributed by atoms with E-state index in [1.54, 1.807) is 0 Å². The predicted molar refractivity (Wildman–Crippen MR) is 111 cm³/mol. The van der Waals surface area contributed by atoms with Crippen LogP contribution in [0.1, 0.15) is 49.5 Å². The lowest BCUT2D eigenvalue weighted by Gasteiger charge is -2.63. The van der Waals surface area contributed by atoms with Crippen LogP contribution in [0.4, 0.5) is 13.2 Å². The van der Waals surface area contributed by atoms with Crippen molar-refractivity contribution in [3.63, 3.8) is 0 Å². The summed E-state index contributed by atoms with van der Waals surface area (Å²) in [5.74, 6) is -2.07. The standard InChI is InChI=1S/C23H21F3N4O2/c1-11(19-17(26)6-15(25)10-27-19)28-22(32)20(30-23-7-12(8-23)9-23)16-5-13-4-14(24)2-3-18(13)29-21(16)31/h2-6,10-12,20,30H,7-9H2,1H3,(H,28,32)(H,29,31)/t11-,12?,20-,23?/m1/s1. The summed E-state index contributed by atoms with van der Waals surface area (Å²) in [6, 6.07) is 4.30. The van der Waals surface area contributed by atoms with Crippen molar-refractivity contribution in [1.29, 1.82) is 0 Å². The first-order chi connectivity index (χ1) is 15.2. The molecule has 0 aliphatic heterocycles. The molecule has 32 heavy (non-hydrogen) atoms. The lowest BCUT2D eigenvalue weighted by Crippen LogP contribution is -2.68. The van der Waals surface area contributed by atoms with Crippen LogP contribution in [0.25, 0.3) is 10.9 Å². The van der Waals surface area contributed by atoms with E-state index in [0.717, 1.165) is 25.5 Å². The summed E-state index contributed by atoms with van der Waals surface area (Å²) in [5, 5.41) is 6.44. The van der Waals surface area contributed by atoms with Gasteiger partial charge in [0.15, 0.2) is 0 Å². The fourth-order valence-electron chi connectivity index (χ4n) is 4.76. The van der Waals surface area contributed by atoms with Gasteiger partial charge in [-0.3, -0.25) is 19.9 Å². The van der Waals surface area contributed by atoms with Crippen LogP contribution in [-0.2, 0) is 4.79 Å². The van der Waals surface area contributed by atoms with Crippen LogP contribution < -0.4 is 16.2 Å². The predicted octanol–water partition coefficient (Wildman–Crippen LogP) is 3.40. The number of nitrogens with one attached hydrogen (secondary N) is 3. The second-order valence-electron chi connectivity index (χ2n) is 8.87. The molecule has 9 heteroatoms. The SMILES string of the molecule is C[C@@H](NC(=O)[C@H](NC12CC(C1)C2)c1cc2cc(F)ccc2[nH]c1=O)c1ncc(F)cc1F. The Morgan fingerprint density at radius 3 is 2.56 bits per heavy atom. The molecule has 0 unspecified atom stereocenters. The van der Waals surface area contributed by atoms with Crippen LogP contribution in [0.15, 0.2) is 41.3 Å². The Morgan fingerprint density at radius 1 is 1.16 bits per heavy atom. The highest BCUT2D eigenvalue weighted by atomic mass is 19.1. The third kappa shape index (κ3) is 3.56. The second kappa shape index (κ2) is 7.44. The van der Waals surface area contributed by atoms with Gasteiger partial charge >= 0.3 is 0 Å². The molecule has 6 rings (SSSR count). The Labute approximate surface area is 181 Å². The van der Waals surface area contributed by atoms with E-state index in [2.05, 4.69) is 20.6 Å². The molecule has 3 aromatic rings. The van der Waals surface area contributed by atoms with Crippen molar-refractivity contribution in [2.75, 3.05) is 0 Å². The number of halogens is 3. The summed E-state index contributed by atoms with van der Waals surface area (Å²) < 4.78 is 41.1. The number of rotatable bonds is 6. The maximum atomic E-state index is 14.1. The van der Waals surface area contributed by atoms with E-state index in [4.69, 9.17) is 0 Å². The number of aromatic nitrogens is 2. The summed E-state index contributed by atoms with van der Waals surface area (Å²) in [7, 11) is 0. The molecule has 3 aliphatic carbocycles. The normalized spacial score (nSPS) is 23.2. The van der Waals surface area contributed by atoms with Gasteiger partial charge in [0, 0.05) is 28.1 Å². The highest BCUT2D eigenvalue weighted by Crippen LogP contribution is 2.57. The minimum atomic E-state index is -1.03. The molecule has 3 saturated carbocycles. The fraction of sp³-hybridized carbons (Fsp3) is 0.348. The molecule has 3 N–H and O–H groups in total. The summed E-state index contributed by atoms with van der Waals surface area (Å²) in [6.07, 6.45) is 3.63. The van der Waals surface area contributed by atoms with Gasteiger partial charge in [-0.05, 0) is 56.4 Å². The Kier molecular flexibility index (Phi) is 4.81. The van der Waals surface area contributed by atoms with Crippen LogP contribution in [-0.4, -0.2) is 21.4 Å². The highest BCUT2D eigenvalue weighted by molar-refractivity contribution is 5.86. The molecular weight excluding hydrogens is 421 g/mol. The number of fused-ring (bicyclic) bond motifs is 1. The Hall–Kier alpha value is -3.20. The quantitative estimate of drug-likeness (QED) is 0.546. The van der Waals surface area contributed by atoms with Crippen molar-refractivity contribution in [3.05, 3.63) is 75.6 Å². The molecule has 3 aliphatic rings. The van der Waals surface area contributed by atoms with Crippen molar-refractivity contribution in [2.24, 2.45) is 5.92 Å². The number of amides is 1. The van der Waals surface area contributed by atoms with E-state index in [-0.39, 0.29) is 16.8 Å². The number of H-pyrrole nitrogens is 1. The number of hydrogen-bond donors (Lipinski definition) is 3. The zero-order valence-corrected chi connectivity index (χ0v) is 17.2. The van der Waals surface area contributed by atoms with Crippen molar-refractivity contribution in [1.82, 2.24) is 20.6 Å². The Balaban J connectivity index is 1.48.